The van der Waals surface area contributed by atoms with Crippen LogP contribution in [0.1, 0.15) is 39.0 Å². The van der Waals surface area contributed by atoms with Gasteiger partial charge in [-0.15, -0.1) is 10.2 Å². The molecule has 0 radical (unpaired) electrons. The van der Waals surface area contributed by atoms with Crippen molar-refractivity contribution in [3.63, 3.8) is 0 Å². The standard InChI is InChI=1S/C25H24N6O3S/c1-16-3-5-19(6-4-16)25(34)26-14-13-22-29-28-21-11-12-24(30-31(21)22)35-15-23(33)27-20-9-7-18(8-10-20)17(2)32/h3-12H,13-15H2,1-2H3,(H,26,34)(H,27,33). The lowest BCUT2D eigenvalue weighted by atomic mass is 10.1. The Hall–Kier alpha value is -4.05. The molecular weight excluding hydrogens is 464 g/mol. The van der Waals surface area contributed by atoms with Crippen LogP contribution in [-0.4, -0.2) is 49.7 Å². The molecule has 0 saturated carbocycles. The molecule has 2 aromatic heterocycles. The van der Waals surface area contributed by atoms with Crippen LogP contribution >= 0.6 is 11.8 Å². The van der Waals surface area contributed by atoms with E-state index < -0.39 is 0 Å². The van der Waals surface area contributed by atoms with E-state index in [1.54, 1.807) is 53.0 Å². The quantitative estimate of drug-likeness (QED) is 0.274. The Labute approximate surface area is 206 Å². The number of amides is 2. The number of benzene rings is 2. The van der Waals surface area contributed by atoms with Gasteiger partial charge in [0.25, 0.3) is 5.91 Å². The summed E-state index contributed by atoms with van der Waals surface area (Å²) in [4.78, 5) is 36.0. The molecule has 0 spiro atoms. The molecule has 0 aliphatic rings. The van der Waals surface area contributed by atoms with Gasteiger partial charge in [-0.2, -0.15) is 9.61 Å². The molecule has 178 valence electrons. The van der Waals surface area contributed by atoms with Gasteiger partial charge in [0.15, 0.2) is 17.3 Å². The lowest BCUT2D eigenvalue weighted by molar-refractivity contribution is -0.113. The van der Waals surface area contributed by atoms with Gasteiger partial charge in [-0.1, -0.05) is 29.5 Å². The minimum absolute atomic E-state index is 0.0260. The maximum atomic E-state index is 12.3. The lowest BCUT2D eigenvalue weighted by Gasteiger charge is -2.07. The van der Waals surface area contributed by atoms with Gasteiger partial charge in [-0.25, -0.2) is 0 Å². The van der Waals surface area contributed by atoms with Crippen LogP contribution in [0.25, 0.3) is 5.65 Å². The number of ketones is 1. The molecule has 2 aromatic carbocycles. The topological polar surface area (TPSA) is 118 Å². The van der Waals surface area contributed by atoms with Gasteiger partial charge in [0.1, 0.15) is 5.03 Å². The average molecular weight is 489 g/mol. The largest absolute Gasteiger partial charge is 0.352 e. The number of carbonyl (C=O) groups excluding carboxylic acids is 3. The summed E-state index contributed by atoms with van der Waals surface area (Å²) in [7, 11) is 0. The summed E-state index contributed by atoms with van der Waals surface area (Å²) in [6.45, 7) is 3.85. The number of aromatic nitrogens is 4. The van der Waals surface area contributed by atoms with Crippen molar-refractivity contribution in [1.29, 1.82) is 0 Å². The number of hydrogen-bond acceptors (Lipinski definition) is 7. The van der Waals surface area contributed by atoms with Gasteiger partial charge in [0.2, 0.25) is 5.91 Å². The minimum atomic E-state index is -0.185. The zero-order chi connectivity index (χ0) is 24.8. The normalized spacial score (nSPS) is 10.8. The van der Waals surface area contributed by atoms with Crippen molar-refractivity contribution in [3.8, 4) is 0 Å². The van der Waals surface area contributed by atoms with Crippen LogP contribution in [0, 0.1) is 6.92 Å². The van der Waals surface area contributed by atoms with E-state index in [1.807, 2.05) is 19.1 Å². The van der Waals surface area contributed by atoms with Crippen molar-refractivity contribution < 1.29 is 14.4 Å². The van der Waals surface area contributed by atoms with Crippen molar-refractivity contribution in [2.24, 2.45) is 0 Å². The van der Waals surface area contributed by atoms with E-state index in [0.29, 0.717) is 46.3 Å². The maximum absolute atomic E-state index is 12.3. The van der Waals surface area contributed by atoms with E-state index >= 15 is 0 Å². The van der Waals surface area contributed by atoms with Crippen LogP contribution in [0.15, 0.2) is 65.7 Å². The van der Waals surface area contributed by atoms with Gasteiger partial charge in [0.05, 0.1) is 5.75 Å². The summed E-state index contributed by atoms with van der Waals surface area (Å²) < 4.78 is 1.62. The summed E-state index contributed by atoms with van der Waals surface area (Å²) in [5.74, 6) is 0.417. The molecule has 0 saturated heterocycles. The highest BCUT2D eigenvalue weighted by molar-refractivity contribution is 7.99. The first-order valence-electron chi connectivity index (χ1n) is 11.0. The van der Waals surface area contributed by atoms with Crippen molar-refractivity contribution >= 4 is 40.7 Å². The Morgan fingerprint density at radius 3 is 2.34 bits per heavy atom. The van der Waals surface area contributed by atoms with E-state index in [4.69, 9.17) is 0 Å². The van der Waals surface area contributed by atoms with Crippen LogP contribution in [0.2, 0.25) is 0 Å². The fraction of sp³-hybridized carbons (Fsp3) is 0.200. The van der Waals surface area contributed by atoms with Crippen LogP contribution in [0.5, 0.6) is 0 Å². The third kappa shape index (κ3) is 6.30. The molecule has 0 aliphatic carbocycles. The number of nitrogens with one attached hydrogen (secondary N) is 2. The molecule has 35 heavy (non-hydrogen) atoms. The Kier molecular flexibility index (Phi) is 7.51. The monoisotopic (exact) mass is 488 g/mol. The number of fused-ring (bicyclic) bond motifs is 1. The molecule has 0 fully saturated rings. The first kappa shape index (κ1) is 24.1. The molecule has 4 aromatic rings. The molecule has 10 heteroatoms. The number of nitrogens with zero attached hydrogens (tertiary/aromatic N) is 4. The van der Waals surface area contributed by atoms with E-state index in [9.17, 15) is 14.4 Å². The first-order valence-corrected chi connectivity index (χ1v) is 12.0. The fourth-order valence-corrected chi connectivity index (χ4v) is 3.92. The highest BCUT2D eigenvalue weighted by Crippen LogP contribution is 2.17. The molecule has 0 aliphatic heterocycles. The van der Waals surface area contributed by atoms with Gasteiger partial charge in [-0.05, 0) is 62.4 Å². The van der Waals surface area contributed by atoms with Crippen molar-refractivity contribution in [3.05, 3.63) is 83.2 Å². The summed E-state index contributed by atoms with van der Waals surface area (Å²) in [6, 6.07) is 17.7. The first-order chi connectivity index (χ1) is 16.9. The Bertz CT molecular complexity index is 1370. The fourth-order valence-electron chi connectivity index (χ4n) is 3.27. The second kappa shape index (κ2) is 10.9. The molecule has 2 heterocycles. The molecule has 0 unspecified atom stereocenters. The molecule has 2 amide bonds. The van der Waals surface area contributed by atoms with E-state index in [-0.39, 0.29) is 23.4 Å². The molecule has 9 nitrogen and oxygen atoms in total. The molecule has 0 atom stereocenters. The maximum Gasteiger partial charge on any atom is 0.251 e. The van der Waals surface area contributed by atoms with Crippen molar-refractivity contribution in [2.75, 3.05) is 17.6 Å². The summed E-state index contributed by atoms with van der Waals surface area (Å²) in [6.07, 6.45) is 0.455. The predicted octanol–water partition coefficient (Wildman–Crippen LogP) is 3.34. The molecule has 2 N–H and O–H groups in total. The van der Waals surface area contributed by atoms with Gasteiger partial charge in [-0.3, -0.25) is 14.4 Å². The molecule has 0 bridgehead atoms. The van der Waals surface area contributed by atoms with Crippen LogP contribution in [-0.2, 0) is 11.2 Å². The zero-order valence-electron chi connectivity index (χ0n) is 19.3. The summed E-state index contributed by atoms with van der Waals surface area (Å²) in [5.41, 5.74) is 3.50. The lowest BCUT2D eigenvalue weighted by Crippen LogP contribution is -2.26. The highest BCUT2D eigenvalue weighted by atomic mass is 32.2. The van der Waals surface area contributed by atoms with Crippen LogP contribution in [0.3, 0.4) is 0 Å². The van der Waals surface area contributed by atoms with E-state index in [1.165, 1.54) is 18.7 Å². The van der Waals surface area contributed by atoms with Crippen LogP contribution < -0.4 is 10.6 Å². The number of Topliss-reactive ketones (excluding diaryl/α,β-unsaturated/α-hetero) is 1. The second-order valence-electron chi connectivity index (χ2n) is 7.90. The Morgan fingerprint density at radius 1 is 0.914 bits per heavy atom. The Morgan fingerprint density at radius 2 is 1.63 bits per heavy atom. The third-order valence-corrected chi connectivity index (χ3v) is 6.10. The summed E-state index contributed by atoms with van der Waals surface area (Å²) >= 11 is 1.29. The van der Waals surface area contributed by atoms with Gasteiger partial charge in [0, 0.05) is 29.8 Å². The SMILES string of the molecule is CC(=O)c1ccc(NC(=O)CSc2ccc3nnc(CCNC(=O)c4ccc(C)cc4)n3n2)cc1. The number of hydrogen-bond donors (Lipinski definition) is 2. The number of anilines is 1. The predicted molar refractivity (Wildman–Crippen MR) is 134 cm³/mol. The third-order valence-electron chi connectivity index (χ3n) is 5.18. The van der Waals surface area contributed by atoms with Gasteiger partial charge >= 0.3 is 0 Å². The number of rotatable bonds is 9. The Balaban J connectivity index is 1.31. The molecule has 4 rings (SSSR count). The van der Waals surface area contributed by atoms with Crippen LogP contribution in [0.4, 0.5) is 5.69 Å². The zero-order valence-corrected chi connectivity index (χ0v) is 20.1. The minimum Gasteiger partial charge on any atom is -0.352 e. The highest BCUT2D eigenvalue weighted by Gasteiger charge is 2.11. The molecular formula is C25H24N6O3S. The summed E-state index contributed by atoms with van der Waals surface area (Å²) in [5, 5.41) is 19.2. The smallest absolute Gasteiger partial charge is 0.251 e. The van der Waals surface area contributed by atoms with E-state index in [2.05, 4.69) is 25.9 Å². The van der Waals surface area contributed by atoms with Crippen molar-refractivity contribution in [2.45, 2.75) is 25.3 Å². The number of thioether (sulfide) groups is 1. The average Bonchev–Trinajstić information content (AvgIpc) is 3.25. The number of carbonyl (C=O) groups is 3. The number of aryl methyl sites for hydroxylation is 1. The van der Waals surface area contributed by atoms with Gasteiger partial charge < -0.3 is 10.6 Å². The van der Waals surface area contributed by atoms with Crippen molar-refractivity contribution in [1.82, 2.24) is 25.1 Å². The second-order valence-corrected chi connectivity index (χ2v) is 8.90. The van der Waals surface area contributed by atoms with E-state index in [0.717, 1.165) is 5.56 Å².